The Balaban J connectivity index is 1.96. The van der Waals surface area contributed by atoms with Crippen LogP contribution >= 0.6 is 15.9 Å². The summed E-state index contributed by atoms with van der Waals surface area (Å²) < 4.78 is 0.323. The third kappa shape index (κ3) is 3.23. The lowest BCUT2D eigenvalue weighted by Crippen LogP contribution is -2.35. The molecule has 3 rings (SSSR count). The summed E-state index contributed by atoms with van der Waals surface area (Å²) in [6.07, 6.45) is 1.35. The van der Waals surface area contributed by atoms with Crippen LogP contribution in [0.3, 0.4) is 0 Å². The lowest BCUT2D eigenvalue weighted by molar-refractivity contribution is -0.385. The van der Waals surface area contributed by atoms with Gasteiger partial charge in [0.1, 0.15) is 5.57 Å². The first-order chi connectivity index (χ1) is 12.3. The third-order valence-electron chi connectivity index (χ3n) is 4.12. The van der Waals surface area contributed by atoms with Crippen molar-refractivity contribution in [2.75, 3.05) is 5.01 Å². The number of aryl methyl sites for hydroxylation is 2. The van der Waals surface area contributed by atoms with Crippen molar-refractivity contribution in [1.82, 2.24) is 5.43 Å². The zero-order chi connectivity index (χ0) is 19.0. The SMILES string of the molecule is Cc1ccc(N2NC(=O)/C(=C/c3ccc(Br)c([N+](=O)[O-])c3)C2=O)cc1C. The Kier molecular flexibility index (Phi) is 4.60. The molecule has 2 aromatic rings. The van der Waals surface area contributed by atoms with Crippen LogP contribution in [0.4, 0.5) is 11.4 Å². The first kappa shape index (κ1) is 17.8. The minimum absolute atomic E-state index is 0.0835. The molecule has 1 aliphatic rings. The predicted octanol–water partition coefficient (Wildman–Crippen LogP) is 3.44. The first-order valence-electron chi connectivity index (χ1n) is 7.66. The van der Waals surface area contributed by atoms with Crippen molar-refractivity contribution in [1.29, 1.82) is 0 Å². The molecule has 0 unspecified atom stereocenters. The van der Waals surface area contributed by atoms with Crippen molar-refractivity contribution in [2.45, 2.75) is 13.8 Å². The van der Waals surface area contributed by atoms with E-state index in [4.69, 9.17) is 0 Å². The van der Waals surface area contributed by atoms with E-state index < -0.39 is 16.7 Å². The zero-order valence-electron chi connectivity index (χ0n) is 13.9. The molecule has 1 saturated heterocycles. The number of hydrazine groups is 1. The fourth-order valence-corrected chi connectivity index (χ4v) is 2.92. The van der Waals surface area contributed by atoms with Crippen molar-refractivity contribution in [2.24, 2.45) is 0 Å². The molecule has 132 valence electrons. The number of anilines is 1. The molecule has 1 aliphatic heterocycles. The van der Waals surface area contributed by atoms with Crippen LogP contribution in [-0.2, 0) is 9.59 Å². The van der Waals surface area contributed by atoms with Gasteiger partial charge in [-0.3, -0.25) is 25.1 Å². The molecule has 0 radical (unpaired) electrons. The largest absolute Gasteiger partial charge is 0.284 e. The maximum atomic E-state index is 12.6. The van der Waals surface area contributed by atoms with Crippen LogP contribution in [0.5, 0.6) is 0 Å². The van der Waals surface area contributed by atoms with Gasteiger partial charge >= 0.3 is 0 Å². The standard InChI is InChI=1S/C18H14BrN3O4/c1-10-3-5-13(7-11(10)2)21-18(24)14(17(23)20-21)8-12-4-6-15(19)16(9-12)22(25)26/h3-9H,1-2H3,(H,20,23)/b14-8-. The van der Waals surface area contributed by atoms with Crippen LogP contribution in [0.25, 0.3) is 6.08 Å². The van der Waals surface area contributed by atoms with Gasteiger partial charge in [0.2, 0.25) is 0 Å². The van der Waals surface area contributed by atoms with E-state index >= 15 is 0 Å². The van der Waals surface area contributed by atoms with Gasteiger partial charge in [0.15, 0.2) is 0 Å². The molecule has 0 saturated carbocycles. The van der Waals surface area contributed by atoms with Crippen LogP contribution in [0.1, 0.15) is 16.7 Å². The number of nitrogens with one attached hydrogen (secondary N) is 1. The predicted molar refractivity (Wildman–Crippen MR) is 100 cm³/mol. The van der Waals surface area contributed by atoms with E-state index in [1.54, 1.807) is 18.2 Å². The number of nitro groups is 1. The lowest BCUT2D eigenvalue weighted by Gasteiger charge is -2.15. The maximum absolute atomic E-state index is 12.6. The van der Waals surface area contributed by atoms with Gasteiger partial charge in [-0.2, -0.15) is 0 Å². The quantitative estimate of drug-likeness (QED) is 0.359. The Hall–Kier alpha value is -3.00. The van der Waals surface area contributed by atoms with Gasteiger partial charge in [0.25, 0.3) is 17.5 Å². The number of hydrogen-bond donors (Lipinski definition) is 1. The van der Waals surface area contributed by atoms with Crippen molar-refractivity contribution in [3.05, 3.63) is 73.2 Å². The summed E-state index contributed by atoms with van der Waals surface area (Å²) in [5.74, 6) is -1.07. The second kappa shape index (κ2) is 6.72. The second-order valence-corrected chi connectivity index (χ2v) is 6.73. The van der Waals surface area contributed by atoms with Gasteiger partial charge in [-0.15, -0.1) is 0 Å². The highest BCUT2D eigenvalue weighted by atomic mass is 79.9. The van der Waals surface area contributed by atoms with E-state index in [9.17, 15) is 19.7 Å². The number of halogens is 1. The summed E-state index contributed by atoms with van der Waals surface area (Å²) in [4.78, 5) is 35.4. The van der Waals surface area contributed by atoms with E-state index in [0.717, 1.165) is 11.1 Å². The Morgan fingerprint density at radius 1 is 1.12 bits per heavy atom. The van der Waals surface area contributed by atoms with Crippen LogP contribution in [0.15, 0.2) is 46.4 Å². The van der Waals surface area contributed by atoms with Gasteiger partial charge in [-0.05, 0) is 70.7 Å². The van der Waals surface area contributed by atoms with Crippen LogP contribution < -0.4 is 10.4 Å². The minimum Gasteiger partial charge on any atom is -0.267 e. The molecule has 0 aliphatic carbocycles. The van der Waals surface area contributed by atoms with Crippen LogP contribution in [-0.4, -0.2) is 16.7 Å². The number of amides is 2. The normalized spacial score (nSPS) is 15.5. The highest BCUT2D eigenvalue weighted by Crippen LogP contribution is 2.28. The van der Waals surface area contributed by atoms with E-state index in [0.29, 0.717) is 15.7 Å². The number of carbonyl (C=O) groups excluding carboxylic acids is 2. The molecule has 8 heteroatoms. The molecule has 2 aromatic carbocycles. The van der Waals surface area contributed by atoms with Crippen molar-refractivity contribution < 1.29 is 14.5 Å². The molecule has 1 heterocycles. The number of rotatable bonds is 3. The Morgan fingerprint density at radius 3 is 2.50 bits per heavy atom. The van der Waals surface area contributed by atoms with E-state index in [2.05, 4.69) is 21.4 Å². The average molecular weight is 416 g/mol. The third-order valence-corrected chi connectivity index (χ3v) is 4.79. The fraction of sp³-hybridized carbons (Fsp3) is 0.111. The lowest BCUT2D eigenvalue weighted by atomic mass is 10.1. The molecule has 2 amide bonds. The summed E-state index contributed by atoms with van der Waals surface area (Å²) in [5.41, 5.74) is 5.30. The van der Waals surface area contributed by atoms with Crippen molar-refractivity contribution >= 4 is 45.2 Å². The maximum Gasteiger partial charge on any atom is 0.284 e. The number of hydrogen-bond acceptors (Lipinski definition) is 4. The topological polar surface area (TPSA) is 92.6 Å². The van der Waals surface area contributed by atoms with E-state index in [-0.39, 0.29) is 11.3 Å². The molecule has 0 atom stereocenters. The molecule has 1 fully saturated rings. The summed E-state index contributed by atoms with van der Waals surface area (Å²) >= 11 is 3.10. The molecule has 0 aromatic heterocycles. The highest BCUT2D eigenvalue weighted by Gasteiger charge is 2.34. The average Bonchev–Trinajstić information content (AvgIpc) is 2.87. The number of nitro benzene ring substituents is 1. The highest BCUT2D eigenvalue weighted by molar-refractivity contribution is 9.10. The van der Waals surface area contributed by atoms with Crippen LogP contribution in [0.2, 0.25) is 0 Å². The Labute approximate surface area is 157 Å². The van der Waals surface area contributed by atoms with Crippen LogP contribution in [0, 0.1) is 24.0 Å². The van der Waals surface area contributed by atoms with Gasteiger partial charge in [-0.1, -0.05) is 12.1 Å². The Morgan fingerprint density at radius 2 is 1.85 bits per heavy atom. The zero-order valence-corrected chi connectivity index (χ0v) is 15.5. The first-order valence-corrected chi connectivity index (χ1v) is 8.45. The smallest absolute Gasteiger partial charge is 0.267 e. The van der Waals surface area contributed by atoms with Gasteiger partial charge < -0.3 is 0 Å². The van der Waals surface area contributed by atoms with Gasteiger partial charge in [0.05, 0.1) is 15.1 Å². The molecule has 0 spiro atoms. The van der Waals surface area contributed by atoms with Gasteiger partial charge in [0, 0.05) is 6.07 Å². The van der Waals surface area contributed by atoms with E-state index in [1.165, 1.54) is 23.2 Å². The molecular weight excluding hydrogens is 402 g/mol. The molecule has 1 N–H and O–H groups in total. The fourth-order valence-electron chi connectivity index (χ4n) is 2.53. The molecule has 26 heavy (non-hydrogen) atoms. The molecular formula is C18H14BrN3O4. The number of carbonyl (C=O) groups is 2. The summed E-state index contributed by atoms with van der Waals surface area (Å²) in [5, 5.41) is 12.2. The summed E-state index contributed by atoms with van der Waals surface area (Å²) in [7, 11) is 0. The molecule has 0 bridgehead atoms. The monoisotopic (exact) mass is 415 g/mol. The Bertz CT molecular complexity index is 984. The number of benzene rings is 2. The van der Waals surface area contributed by atoms with Gasteiger partial charge in [-0.25, -0.2) is 5.01 Å². The van der Waals surface area contributed by atoms with Crippen molar-refractivity contribution in [3.8, 4) is 0 Å². The summed E-state index contributed by atoms with van der Waals surface area (Å²) in [6, 6.07) is 9.81. The van der Waals surface area contributed by atoms with Crippen molar-refractivity contribution in [3.63, 3.8) is 0 Å². The number of nitrogens with zero attached hydrogens (tertiary/aromatic N) is 2. The van der Waals surface area contributed by atoms with E-state index in [1.807, 2.05) is 19.9 Å². The minimum atomic E-state index is -0.557. The second-order valence-electron chi connectivity index (χ2n) is 5.88. The summed E-state index contributed by atoms with van der Waals surface area (Å²) in [6.45, 7) is 3.87. The molecule has 7 nitrogen and oxygen atoms in total.